The van der Waals surface area contributed by atoms with Gasteiger partial charge in [-0.25, -0.2) is 4.98 Å². The Kier molecular flexibility index (Phi) is 4.39. The lowest BCUT2D eigenvalue weighted by Gasteiger charge is -2.08. The number of hydrogen-bond donors (Lipinski definition) is 1. The van der Waals surface area contributed by atoms with E-state index in [4.69, 9.17) is 4.74 Å². The molecule has 0 saturated heterocycles. The molecule has 1 amide bonds. The lowest BCUT2D eigenvalue weighted by Crippen LogP contribution is -2.13. The highest BCUT2D eigenvalue weighted by molar-refractivity contribution is 5.90. The van der Waals surface area contributed by atoms with Crippen LogP contribution in [0.3, 0.4) is 0 Å². The summed E-state index contributed by atoms with van der Waals surface area (Å²) in [6.45, 7) is 0.735. The molecular formula is C20H20N4O2. The molecule has 0 unspecified atom stereocenters. The topological polar surface area (TPSA) is 69.0 Å². The number of hydrogen-bond acceptors (Lipinski definition) is 4. The predicted molar refractivity (Wildman–Crippen MR) is 99.0 cm³/mol. The Labute approximate surface area is 151 Å². The fourth-order valence-electron chi connectivity index (χ4n) is 3.08. The van der Waals surface area contributed by atoms with Gasteiger partial charge in [-0.05, 0) is 47.9 Å². The number of ether oxygens (including phenoxy) is 1. The Hall–Kier alpha value is -3.15. The number of nitrogens with one attached hydrogen (secondary N) is 1. The van der Waals surface area contributed by atoms with Gasteiger partial charge in [-0.3, -0.25) is 9.48 Å². The molecule has 2 aromatic heterocycles. The number of aryl methyl sites for hydroxylation is 2. The molecule has 0 spiro atoms. The van der Waals surface area contributed by atoms with Crippen LogP contribution in [-0.4, -0.2) is 27.3 Å². The molecule has 0 saturated carbocycles. The van der Waals surface area contributed by atoms with Gasteiger partial charge in [0.05, 0.1) is 18.5 Å². The third kappa shape index (κ3) is 3.59. The molecule has 26 heavy (non-hydrogen) atoms. The maximum atomic E-state index is 12.2. The van der Waals surface area contributed by atoms with Crippen molar-refractivity contribution >= 4 is 11.7 Å². The number of pyridine rings is 1. The van der Waals surface area contributed by atoms with Gasteiger partial charge < -0.3 is 10.1 Å². The van der Waals surface area contributed by atoms with Crippen molar-refractivity contribution in [3.8, 4) is 17.0 Å². The Balaban J connectivity index is 1.43. The van der Waals surface area contributed by atoms with Gasteiger partial charge in [-0.15, -0.1) is 0 Å². The van der Waals surface area contributed by atoms with Crippen LogP contribution in [0, 0.1) is 0 Å². The zero-order valence-corrected chi connectivity index (χ0v) is 14.6. The molecule has 4 rings (SSSR count). The molecular weight excluding hydrogens is 328 g/mol. The van der Waals surface area contributed by atoms with Crippen LogP contribution in [0.2, 0.25) is 0 Å². The SMILES string of the molecule is Cn1cc(CCC(=O)Nc2cccc(-c3ccc4c(c3)CCO4)n2)cn1. The van der Waals surface area contributed by atoms with Gasteiger partial charge in [-0.1, -0.05) is 6.07 Å². The number of carbonyl (C=O) groups is 1. The van der Waals surface area contributed by atoms with E-state index in [0.717, 1.165) is 35.6 Å². The number of amides is 1. The van der Waals surface area contributed by atoms with E-state index in [1.54, 1.807) is 10.9 Å². The predicted octanol–water partition coefficient (Wildman–Crippen LogP) is 2.99. The van der Waals surface area contributed by atoms with Gasteiger partial charge in [0.2, 0.25) is 5.91 Å². The molecule has 0 fully saturated rings. The number of aromatic nitrogens is 3. The fraction of sp³-hybridized carbons (Fsp3) is 0.250. The van der Waals surface area contributed by atoms with Crippen LogP contribution in [0.5, 0.6) is 5.75 Å². The number of nitrogens with zero attached hydrogens (tertiary/aromatic N) is 3. The van der Waals surface area contributed by atoms with Crippen LogP contribution < -0.4 is 10.1 Å². The van der Waals surface area contributed by atoms with E-state index >= 15 is 0 Å². The van der Waals surface area contributed by atoms with Crippen LogP contribution >= 0.6 is 0 Å². The number of benzene rings is 1. The monoisotopic (exact) mass is 348 g/mol. The minimum atomic E-state index is -0.0548. The summed E-state index contributed by atoms with van der Waals surface area (Å²) in [6, 6.07) is 11.8. The van der Waals surface area contributed by atoms with Crippen LogP contribution in [0.4, 0.5) is 5.82 Å². The van der Waals surface area contributed by atoms with E-state index in [1.165, 1.54) is 5.56 Å². The number of anilines is 1. The van der Waals surface area contributed by atoms with E-state index < -0.39 is 0 Å². The number of fused-ring (bicyclic) bond motifs is 1. The molecule has 132 valence electrons. The summed E-state index contributed by atoms with van der Waals surface area (Å²) in [4.78, 5) is 16.8. The summed E-state index contributed by atoms with van der Waals surface area (Å²) in [5.74, 6) is 1.46. The molecule has 3 heterocycles. The highest BCUT2D eigenvalue weighted by Crippen LogP contribution is 2.30. The van der Waals surface area contributed by atoms with Crippen LogP contribution in [0.1, 0.15) is 17.5 Å². The first-order valence-electron chi connectivity index (χ1n) is 8.68. The molecule has 6 nitrogen and oxygen atoms in total. The van der Waals surface area contributed by atoms with Crippen molar-refractivity contribution in [1.82, 2.24) is 14.8 Å². The van der Waals surface area contributed by atoms with Gasteiger partial charge in [0, 0.05) is 31.6 Å². The Morgan fingerprint density at radius 2 is 2.23 bits per heavy atom. The van der Waals surface area contributed by atoms with Crippen LogP contribution in [0.15, 0.2) is 48.8 Å². The van der Waals surface area contributed by atoms with Crippen molar-refractivity contribution in [2.45, 2.75) is 19.3 Å². The quantitative estimate of drug-likeness (QED) is 0.770. The molecule has 3 aromatic rings. The van der Waals surface area contributed by atoms with Crippen molar-refractivity contribution < 1.29 is 9.53 Å². The highest BCUT2D eigenvalue weighted by Gasteiger charge is 2.13. The Morgan fingerprint density at radius 3 is 3.08 bits per heavy atom. The molecule has 0 atom stereocenters. The summed E-state index contributed by atoms with van der Waals surface area (Å²) >= 11 is 0. The van der Waals surface area contributed by atoms with E-state index in [2.05, 4.69) is 21.5 Å². The summed E-state index contributed by atoms with van der Waals surface area (Å²) in [5, 5.41) is 6.99. The van der Waals surface area contributed by atoms with E-state index in [0.29, 0.717) is 18.7 Å². The largest absolute Gasteiger partial charge is 0.493 e. The van der Waals surface area contributed by atoms with Crippen LogP contribution in [-0.2, 0) is 24.7 Å². The second-order valence-corrected chi connectivity index (χ2v) is 6.40. The Morgan fingerprint density at radius 1 is 1.31 bits per heavy atom. The third-order valence-electron chi connectivity index (χ3n) is 4.40. The lowest BCUT2D eigenvalue weighted by molar-refractivity contribution is -0.116. The minimum Gasteiger partial charge on any atom is -0.493 e. The molecule has 1 N–H and O–H groups in total. The van der Waals surface area contributed by atoms with Crippen molar-refractivity contribution in [3.63, 3.8) is 0 Å². The molecule has 0 aliphatic carbocycles. The molecule has 6 heteroatoms. The molecule has 0 bridgehead atoms. The third-order valence-corrected chi connectivity index (χ3v) is 4.40. The lowest BCUT2D eigenvalue weighted by atomic mass is 10.1. The highest BCUT2D eigenvalue weighted by atomic mass is 16.5. The standard InChI is InChI=1S/C20H20N4O2/c1-24-13-14(12-21-24)5-8-20(25)23-19-4-2-3-17(22-19)15-6-7-18-16(11-15)9-10-26-18/h2-4,6-7,11-13H,5,8-10H2,1H3,(H,22,23,25). The average molecular weight is 348 g/mol. The first-order chi connectivity index (χ1) is 12.7. The fourth-order valence-corrected chi connectivity index (χ4v) is 3.08. The van der Waals surface area contributed by atoms with Gasteiger partial charge in [0.15, 0.2) is 0 Å². The second-order valence-electron chi connectivity index (χ2n) is 6.40. The zero-order valence-electron chi connectivity index (χ0n) is 14.6. The molecule has 1 aliphatic heterocycles. The van der Waals surface area contributed by atoms with Crippen molar-refractivity contribution in [2.75, 3.05) is 11.9 Å². The molecule has 0 radical (unpaired) electrons. The summed E-state index contributed by atoms with van der Waals surface area (Å²) in [6.07, 6.45) is 5.68. The van der Waals surface area contributed by atoms with Crippen molar-refractivity contribution in [1.29, 1.82) is 0 Å². The van der Waals surface area contributed by atoms with Crippen molar-refractivity contribution in [3.05, 3.63) is 59.9 Å². The first kappa shape index (κ1) is 16.3. The second kappa shape index (κ2) is 7.00. The van der Waals surface area contributed by atoms with Crippen LogP contribution in [0.25, 0.3) is 11.3 Å². The molecule has 1 aliphatic rings. The van der Waals surface area contributed by atoms with Gasteiger partial charge >= 0.3 is 0 Å². The normalized spacial score (nSPS) is 12.5. The smallest absolute Gasteiger partial charge is 0.225 e. The van der Waals surface area contributed by atoms with E-state index in [9.17, 15) is 4.79 Å². The van der Waals surface area contributed by atoms with Gasteiger partial charge in [0.1, 0.15) is 11.6 Å². The summed E-state index contributed by atoms with van der Waals surface area (Å²) < 4.78 is 7.28. The average Bonchev–Trinajstić information content (AvgIpc) is 3.28. The molecule has 1 aromatic carbocycles. The maximum Gasteiger partial charge on any atom is 0.225 e. The summed E-state index contributed by atoms with van der Waals surface area (Å²) in [5.41, 5.74) is 4.12. The number of carbonyl (C=O) groups excluding carboxylic acids is 1. The van der Waals surface area contributed by atoms with Crippen molar-refractivity contribution in [2.24, 2.45) is 7.05 Å². The van der Waals surface area contributed by atoms with E-state index in [1.807, 2.05) is 43.6 Å². The van der Waals surface area contributed by atoms with E-state index in [-0.39, 0.29) is 5.91 Å². The number of rotatable bonds is 5. The maximum absolute atomic E-state index is 12.2. The Bertz CT molecular complexity index is 948. The summed E-state index contributed by atoms with van der Waals surface area (Å²) in [7, 11) is 1.87. The zero-order chi connectivity index (χ0) is 17.9. The minimum absolute atomic E-state index is 0.0548. The van der Waals surface area contributed by atoms with Gasteiger partial charge in [0.25, 0.3) is 0 Å². The first-order valence-corrected chi connectivity index (χ1v) is 8.68. The van der Waals surface area contributed by atoms with Gasteiger partial charge in [-0.2, -0.15) is 5.10 Å².